The molecule has 0 radical (unpaired) electrons. The van der Waals surface area contributed by atoms with Crippen LogP contribution in [0.1, 0.15) is 29.8 Å². The Balaban J connectivity index is 3.03. The van der Waals surface area contributed by atoms with E-state index in [9.17, 15) is 13.2 Å². The standard InChI is InChI=1S/C12H16ClNO3S/c1-8(2)7-14-12(15)10-4-9(3)5-11(6-10)18(13,16)17/h4-6,8H,7H2,1-3H3,(H,14,15). The third kappa shape index (κ3) is 4.31. The highest BCUT2D eigenvalue weighted by Crippen LogP contribution is 2.18. The lowest BCUT2D eigenvalue weighted by Gasteiger charge is -2.09. The van der Waals surface area contributed by atoms with Crippen molar-refractivity contribution in [3.8, 4) is 0 Å². The summed E-state index contributed by atoms with van der Waals surface area (Å²) < 4.78 is 22.5. The lowest BCUT2D eigenvalue weighted by molar-refractivity contribution is 0.0948. The minimum atomic E-state index is -3.82. The number of aryl methyl sites for hydroxylation is 1. The maximum Gasteiger partial charge on any atom is 0.261 e. The lowest BCUT2D eigenvalue weighted by Crippen LogP contribution is -2.27. The molecule has 0 heterocycles. The summed E-state index contributed by atoms with van der Waals surface area (Å²) in [7, 11) is 1.45. The topological polar surface area (TPSA) is 63.2 Å². The van der Waals surface area contributed by atoms with Crippen molar-refractivity contribution in [3.63, 3.8) is 0 Å². The summed E-state index contributed by atoms with van der Waals surface area (Å²) in [5, 5.41) is 2.73. The number of halogens is 1. The predicted octanol–water partition coefficient (Wildman–Crippen LogP) is 2.31. The summed E-state index contributed by atoms with van der Waals surface area (Å²) in [6.07, 6.45) is 0. The predicted molar refractivity (Wildman–Crippen MR) is 71.4 cm³/mol. The highest BCUT2D eigenvalue weighted by molar-refractivity contribution is 8.13. The van der Waals surface area contributed by atoms with Crippen LogP contribution >= 0.6 is 10.7 Å². The van der Waals surface area contributed by atoms with Crippen LogP contribution < -0.4 is 5.32 Å². The zero-order valence-corrected chi connectivity index (χ0v) is 12.1. The van der Waals surface area contributed by atoms with Crippen LogP contribution in [0.4, 0.5) is 0 Å². The Morgan fingerprint density at radius 3 is 2.44 bits per heavy atom. The average molecular weight is 290 g/mol. The van der Waals surface area contributed by atoms with E-state index in [1.807, 2.05) is 13.8 Å². The van der Waals surface area contributed by atoms with Crippen molar-refractivity contribution in [3.05, 3.63) is 29.3 Å². The maximum atomic E-state index is 11.8. The number of rotatable bonds is 4. The van der Waals surface area contributed by atoms with Crippen molar-refractivity contribution >= 4 is 25.6 Å². The van der Waals surface area contributed by atoms with Gasteiger partial charge in [0.2, 0.25) is 0 Å². The van der Waals surface area contributed by atoms with Gasteiger partial charge in [-0.25, -0.2) is 8.42 Å². The molecule has 4 nitrogen and oxygen atoms in total. The first-order chi connectivity index (χ1) is 8.20. The van der Waals surface area contributed by atoms with Gasteiger partial charge in [-0.05, 0) is 36.6 Å². The number of benzene rings is 1. The molecule has 0 fully saturated rings. The number of hydrogen-bond acceptors (Lipinski definition) is 3. The molecule has 100 valence electrons. The average Bonchev–Trinajstić information content (AvgIpc) is 2.23. The monoisotopic (exact) mass is 289 g/mol. The second kappa shape index (κ2) is 5.71. The van der Waals surface area contributed by atoms with Crippen molar-refractivity contribution < 1.29 is 13.2 Å². The van der Waals surface area contributed by atoms with Crippen molar-refractivity contribution in [1.29, 1.82) is 0 Å². The van der Waals surface area contributed by atoms with Gasteiger partial charge in [0, 0.05) is 22.8 Å². The maximum absolute atomic E-state index is 11.8. The minimum absolute atomic E-state index is 0.0566. The summed E-state index contributed by atoms with van der Waals surface area (Å²) in [5.41, 5.74) is 0.973. The Kier molecular flexibility index (Phi) is 4.76. The fourth-order valence-corrected chi connectivity index (χ4v) is 2.28. The molecular formula is C12H16ClNO3S. The number of carbonyl (C=O) groups excluding carboxylic acids is 1. The minimum Gasteiger partial charge on any atom is -0.352 e. The summed E-state index contributed by atoms with van der Waals surface area (Å²) in [6.45, 7) is 6.21. The normalized spacial score (nSPS) is 11.6. The van der Waals surface area contributed by atoms with Crippen LogP contribution in [0.15, 0.2) is 23.1 Å². The molecule has 1 amide bonds. The van der Waals surface area contributed by atoms with Crippen LogP contribution in [-0.4, -0.2) is 20.9 Å². The first-order valence-corrected chi connectivity index (χ1v) is 7.85. The highest BCUT2D eigenvalue weighted by Gasteiger charge is 2.14. The van der Waals surface area contributed by atoms with E-state index in [0.717, 1.165) is 0 Å². The van der Waals surface area contributed by atoms with Gasteiger partial charge in [0.05, 0.1) is 4.90 Å². The van der Waals surface area contributed by atoms with E-state index in [1.54, 1.807) is 13.0 Å². The van der Waals surface area contributed by atoms with Crippen molar-refractivity contribution in [1.82, 2.24) is 5.32 Å². The molecule has 0 atom stereocenters. The molecule has 6 heteroatoms. The molecule has 0 saturated carbocycles. The van der Waals surface area contributed by atoms with Gasteiger partial charge in [0.15, 0.2) is 0 Å². The first kappa shape index (κ1) is 15.0. The molecule has 1 aromatic carbocycles. The second-order valence-electron chi connectivity index (χ2n) is 4.58. The zero-order chi connectivity index (χ0) is 13.9. The molecule has 0 aliphatic carbocycles. The Bertz CT molecular complexity index is 552. The Morgan fingerprint density at radius 2 is 1.94 bits per heavy atom. The van der Waals surface area contributed by atoms with Crippen LogP contribution in [0.3, 0.4) is 0 Å². The van der Waals surface area contributed by atoms with Crippen LogP contribution in [0.5, 0.6) is 0 Å². The molecule has 18 heavy (non-hydrogen) atoms. The third-order valence-corrected chi connectivity index (χ3v) is 3.60. The molecule has 0 saturated heterocycles. The molecule has 0 aromatic heterocycles. The highest BCUT2D eigenvalue weighted by atomic mass is 35.7. The van der Waals surface area contributed by atoms with E-state index in [2.05, 4.69) is 5.32 Å². The van der Waals surface area contributed by atoms with Gasteiger partial charge < -0.3 is 5.32 Å². The van der Waals surface area contributed by atoms with E-state index < -0.39 is 9.05 Å². The van der Waals surface area contributed by atoms with Gasteiger partial charge in [-0.3, -0.25) is 4.79 Å². The van der Waals surface area contributed by atoms with E-state index in [4.69, 9.17) is 10.7 Å². The van der Waals surface area contributed by atoms with E-state index in [0.29, 0.717) is 23.6 Å². The lowest BCUT2D eigenvalue weighted by atomic mass is 10.1. The van der Waals surface area contributed by atoms with Gasteiger partial charge in [-0.1, -0.05) is 13.8 Å². The molecular weight excluding hydrogens is 274 g/mol. The quantitative estimate of drug-likeness (QED) is 0.865. The molecule has 0 aliphatic heterocycles. The summed E-state index contributed by atoms with van der Waals surface area (Å²) in [6, 6.07) is 4.34. The smallest absolute Gasteiger partial charge is 0.261 e. The van der Waals surface area contributed by atoms with Gasteiger partial charge in [0.1, 0.15) is 0 Å². The van der Waals surface area contributed by atoms with Gasteiger partial charge in [-0.2, -0.15) is 0 Å². The van der Waals surface area contributed by atoms with Gasteiger partial charge >= 0.3 is 0 Å². The summed E-state index contributed by atoms with van der Waals surface area (Å²) in [5.74, 6) is 0.0314. The van der Waals surface area contributed by atoms with E-state index in [-0.39, 0.29) is 10.8 Å². The van der Waals surface area contributed by atoms with Gasteiger partial charge in [0.25, 0.3) is 15.0 Å². The number of nitrogens with one attached hydrogen (secondary N) is 1. The molecule has 0 unspecified atom stereocenters. The fraction of sp³-hybridized carbons (Fsp3) is 0.417. The molecule has 1 rings (SSSR count). The number of amides is 1. The molecule has 0 bridgehead atoms. The van der Waals surface area contributed by atoms with Crippen molar-refractivity contribution in [2.75, 3.05) is 6.54 Å². The SMILES string of the molecule is Cc1cc(C(=O)NCC(C)C)cc(S(=O)(=O)Cl)c1. The van der Waals surface area contributed by atoms with Crippen LogP contribution in [0.2, 0.25) is 0 Å². The van der Waals surface area contributed by atoms with Crippen LogP contribution in [0.25, 0.3) is 0 Å². The Labute approximate surface area is 112 Å². The second-order valence-corrected chi connectivity index (χ2v) is 7.14. The van der Waals surface area contributed by atoms with Crippen LogP contribution in [-0.2, 0) is 9.05 Å². The summed E-state index contributed by atoms with van der Waals surface area (Å²) in [4.78, 5) is 11.8. The van der Waals surface area contributed by atoms with E-state index in [1.165, 1.54) is 12.1 Å². The van der Waals surface area contributed by atoms with Crippen molar-refractivity contribution in [2.24, 2.45) is 5.92 Å². The molecule has 0 spiro atoms. The third-order valence-electron chi connectivity index (χ3n) is 2.27. The van der Waals surface area contributed by atoms with Gasteiger partial charge in [-0.15, -0.1) is 0 Å². The summed E-state index contributed by atoms with van der Waals surface area (Å²) >= 11 is 0. The van der Waals surface area contributed by atoms with Crippen molar-refractivity contribution in [2.45, 2.75) is 25.7 Å². The van der Waals surface area contributed by atoms with Crippen LogP contribution in [0, 0.1) is 12.8 Å². The zero-order valence-electron chi connectivity index (χ0n) is 10.5. The fourth-order valence-electron chi connectivity index (χ4n) is 1.42. The van der Waals surface area contributed by atoms with E-state index >= 15 is 0 Å². The molecule has 1 N–H and O–H groups in total. The Hall–Kier alpha value is -1.07. The first-order valence-electron chi connectivity index (χ1n) is 5.54. The molecule has 1 aromatic rings. The molecule has 0 aliphatic rings. The largest absolute Gasteiger partial charge is 0.352 e. The number of hydrogen-bond donors (Lipinski definition) is 1. The number of carbonyl (C=O) groups is 1. The Morgan fingerprint density at radius 1 is 1.33 bits per heavy atom.